The van der Waals surface area contributed by atoms with Crippen LogP contribution in [-0.2, 0) is 4.74 Å². The van der Waals surface area contributed by atoms with E-state index in [1.165, 1.54) is 0 Å². The van der Waals surface area contributed by atoms with Gasteiger partial charge in [0, 0.05) is 6.54 Å². The van der Waals surface area contributed by atoms with E-state index in [1.807, 2.05) is 19.9 Å². The highest BCUT2D eigenvalue weighted by Crippen LogP contribution is 2.22. The van der Waals surface area contributed by atoms with Crippen LogP contribution in [0.25, 0.3) is 0 Å². The van der Waals surface area contributed by atoms with Crippen molar-refractivity contribution in [2.45, 2.75) is 26.1 Å². The van der Waals surface area contributed by atoms with Crippen LogP contribution in [-0.4, -0.2) is 30.5 Å². The molecule has 0 fully saturated rings. The number of aliphatic hydroxyl groups is 1. The van der Waals surface area contributed by atoms with Gasteiger partial charge in [-0.1, -0.05) is 11.6 Å². The zero-order valence-electron chi connectivity index (χ0n) is 10.5. The fourth-order valence-corrected chi connectivity index (χ4v) is 1.50. The molecule has 0 radical (unpaired) electrons. The standard InChI is InChI=1S/C13H17ClN2O2/c1-9(2)18-8-11(17)7-16-13-5-10(6-15)3-4-12(13)14/h3-5,9,11,16-17H,7-8H2,1-2H3. The molecule has 0 aliphatic heterocycles. The molecule has 0 amide bonds. The van der Waals surface area contributed by atoms with Crippen molar-refractivity contribution >= 4 is 17.3 Å². The molecular weight excluding hydrogens is 252 g/mol. The highest BCUT2D eigenvalue weighted by molar-refractivity contribution is 6.33. The van der Waals surface area contributed by atoms with E-state index < -0.39 is 6.10 Å². The third kappa shape index (κ3) is 4.92. The van der Waals surface area contributed by atoms with Crippen LogP contribution >= 0.6 is 11.6 Å². The number of hydrogen-bond donors (Lipinski definition) is 2. The molecule has 0 saturated carbocycles. The molecule has 2 N–H and O–H groups in total. The van der Waals surface area contributed by atoms with Crippen molar-refractivity contribution < 1.29 is 9.84 Å². The Kier molecular flexibility index (Phi) is 5.93. The van der Waals surface area contributed by atoms with Gasteiger partial charge in [-0.25, -0.2) is 0 Å². The molecule has 1 atom stereocenters. The van der Waals surface area contributed by atoms with Crippen molar-refractivity contribution in [1.82, 2.24) is 0 Å². The van der Waals surface area contributed by atoms with E-state index in [2.05, 4.69) is 5.32 Å². The number of nitriles is 1. The number of rotatable bonds is 6. The van der Waals surface area contributed by atoms with Gasteiger partial charge in [-0.2, -0.15) is 5.26 Å². The lowest BCUT2D eigenvalue weighted by Gasteiger charge is -2.15. The molecule has 0 spiro atoms. The molecule has 4 nitrogen and oxygen atoms in total. The maximum atomic E-state index is 9.68. The van der Waals surface area contributed by atoms with Crippen LogP contribution < -0.4 is 5.32 Å². The molecule has 0 aromatic heterocycles. The Morgan fingerprint density at radius 2 is 2.22 bits per heavy atom. The number of ether oxygens (including phenoxy) is 1. The van der Waals surface area contributed by atoms with E-state index in [4.69, 9.17) is 21.6 Å². The normalized spacial score (nSPS) is 12.2. The molecule has 1 aromatic carbocycles. The smallest absolute Gasteiger partial charge is 0.0992 e. The van der Waals surface area contributed by atoms with Gasteiger partial charge in [0.2, 0.25) is 0 Å². The van der Waals surface area contributed by atoms with Gasteiger partial charge in [-0.15, -0.1) is 0 Å². The van der Waals surface area contributed by atoms with Crippen LogP contribution in [0.3, 0.4) is 0 Å². The Bertz CT molecular complexity index is 429. The average Bonchev–Trinajstić information content (AvgIpc) is 2.35. The third-order valence-corrected chi connectivity index (χ3v) is 2.58. The lowest BCUT2D eigenvalue weighted by Crippen LogP contribution is -2.26. The molecule has 0 bridgehead atoms. The van der Waals surface area contributed by atoms with Crippen molar-refractivity contribution in [3.05, 3.63) is 28.8 Å². The van der Waals surface area contributed by atoms with Crippen LogP contribution in [0.15, 0.2) is 18.2 Å². The minimum atomic E-state index is -0.616. The van der Waals surface area contributed by atoms with Crippen LogP contribution in [0.5, 0.6) is 0 Å². The van der Waals surface area contributed by atoms with Crippen LogP contribution in [0.2, 0.25) is 5.02 Å². The molecule has 1 aromatic rings. The zero-order valence-corrected chi connectivity index (χ0v) is 11.2. The first-order valence-corrected chi connectivity index (χ1v) is 6.14. The molecule has 0 aliphatic rings. The molecule has 18 heavy (non-hydrogen) atoms. The van der Waals surface area contributed by atoms with Crippen molar-refractivity contribution in [3.63, 3.8) is 0 Å². The molecule has 98 valence electrons. The summed E-state index contributed by atoms with van der Waals surface area (Å²) in [4.78, 5) is 0. The largest absolute Gasteiger partial charge is 0.389 e. The Labute approximate surface area is 112 Å². The second kappa shape index (κ2) is 7.22. The molecule has 0 heterocycles. The summed E-state index contributed by atoms with van der Waals surface area (Å²) < 4.78 is 5.29. The zero-order chi connectivity index (χ0) is 13.5. The molecule has 5 heteroatoms. The van der Waals surface area contributed by atoms with Crippen LogP contribution in [0.1, 0.15) is 19.4 Å². The Morgan fingerprint density at radius 1 is 1.50 bits per heavy atom. The number of anilines is 1. The number of nitrogens with one attached hydrogen (secondary N) is 1. The topological polar surface area (TPSA) is 65.3 Å². The highest BCUT2D eigenvalue weighted by atomic mass is 35.5. The first kappa shape index (κ1) is 14.8. The molecule has 0 aliphatic carbocycles. The predicted octanol–water partition coefficient (Wildman–Crippen LogP) is 2.41. The molecule has 1 unspecified atom stereocenters. The van der Waals surface area contributed by atoms with E-state index in [-0.39, 0.29) is 12.7 Å². The Hall–Kier alpha value is -1.28. The van der Waals surface area contributed by atoms with E-state index >= 15 is 0 Å². The van der Waals surface area contributed by atoms with Gasteiger partial charge in [0.15, 0.2) is 0 Å². The van der Waals surface area contributed by atoms with Crippen molar-refractivity contribution in [1.29, 1.82) is 5.26 Å². The summed E-state index contributed by atoms with van der Waals surface area (Å²) >= 11 is 5.98. The van der Waals surface area contributed by atoms with Crippen molar-refractivity contribution in [2.24, 2.45) is 0 Å². The van der Waals surface area contributed by atoms with E-state index in [0.717, 1.165) is 0 Å². The quantitative estimate of drug-likeness (QED) is 0.832. The molecule has 0 saturated heterocycles. The lowest BCUT2D eigenvalue weighted by molar-refractivity contribution is 0.0112. The molecular formula is C13H17ClN2O2. The highest BCUT2D eigenvalue weighted by Gasteiger charge is 2.07. The van der Waals surface area contributed by atoms with Crippen molar-refractivity contribution in [3.8, 4) is 6.07 Å². The number of nitrogens with zero attached hydrogens (tertiary/aromatic N) is 1. The van der Waals surface area contributed by atoms with Gasteiger partial charge in [0.1, 0.15) is 0 Å². The number of halogens is 1. The monoisotopic (exact) mass is 268 g/mol. The Morgan fingerprint density at radius 3 is 2.83 bits per heavy atom. The summed E-state index contributed by atoms with van der Waals surface area (Å²) in [7, 11) is 0. The second-order valence-electron chi connectivity index (χ2n) is 4.22. The average molecular weight is 269 g/mol. The summed E-state index contributed by atoms with van der Waals surface area (Å²) in [5, 5.41) is 22.0. The summed E-state index contributed by atoms with van der Waals surface area (Å²) in [6.07, 6.45) is -0.528. The van der Waals surface area contributed by atoms with Gasteiger partial charge in [0.05, 0.1) is 41.2 Å². The first-order valence-electron chi connectivity index (χ1n) is 5.76. The van der Waals surface area contributed by atoms with Gasteiger partial charge in [-0.05, 0) is 32.0 Å². The van der Waals surface area contributed by atoms with E-state index in [1.54, 1.807) is 18.2 Å². The van der Waals surface area contributed by atoms with Crippen LogP contribution in [0.4, 0.5) is 5.69 Å². The van der Waals surface area contributed by atoms with E-state index in [0.29, 0.717) is 22.8 Å². The third-order valence-electron chi connectivity index (χ3n) is 2.25. The summed E-state index contributed by atoms with van der Waals surface area (Å²) in [5.74, 6) is 0. The molecule has 1 rings (SSSR count). The van der Waals surface area contributed by atoms with Gasteiger partial charge in [-0.3, -0.25) is 0 Å². The summed E-state index contributed by atoms with van der Waals surface area (Å²) in [5.41, 5.74) is 1.16. The summed E-state index contributed by atoms with van der Waals surface area (Å²) in [6, 6.07) is 6.98. The lowest BCUT2D eigenvalue weighted by atomic mass is 10.2. The minimum absolute atomic E-state index is 0.0881. The number of aliphatic hydroxyl groups excluding tert-OH is 1. The predicted molar refractivity (Wildman–Crippen MR) is 71.8 cm³/mol. The fourth-order valence-electron chi connectivity index (χ4n) is 1.32. The number of hydrogen-bond acceptors (Lipinski definition) is 4. The second-order valence-corrected chi connectivity index (χ2v) is 4.63. The fraction of sp³-hybridized carbons (Fsp3) is 0.462. The van der Waals surface area contributed by atoms with Gasteiger partial charge >= 0.3 is 0 Å². The number of benzene rings is 1. The van der Waals surface area contributed by atoms with E-state index in [9.17, 15) is 5.11 Å². The van der Waals surface area contributed by atoms with Gasteiger partial charge in [0.25, 0.3) is 0 Å². The Balaban J connectivity index is 2.50. The van der Waals surface area contributed by atoms with Crippen molar-refractivity contribution in [2.75, 3.05) is 18.5 Å². The summed E-state index contributed by atoms with van der Waals surface area (Å²) in [6.45, 7) is 4.41. The van der Waals surface area contributed by atoms with Gasteiger partial charge < -0.3 is 15.2 Å². The maximum absolute atomic E-state index is 9.68. The van der Waals surface area contributed by atoms with Crippen LogP contribution in [0, 0.1) is 11.3 Å². The SMILES string of the molecule is CC(C)OCC(O)CNc1cc(C#N)ccc1Cl. The first-order chi connectivity index (χ1) is 8.52. The minimum Gasteiger partial charge on any atom is -0.389 e. The maximum Gasteiger partial charge on any atom is 0.0992 e.